The molecule has 0 aliphatic rings. The molecule has 28 heavy (non-hydrogen) atoms. The molecule has 1 heterocycles. The third-order valence-corrected chi connectivity index (χ3v) is 5.63. The van der Waals surface area contributed by atoms with E-state index < -0.39 is 10.5 Å². The van der Waals surface area contributed by atoms with Crippen molar-refractivity contribution in [3.05, 3.63) is 18.2 Å². The number of nitrogens with zero attached hydrogens (tertiary/aromatic N) is 1. The summed E-state index contributed by atoms with van der Waals surface area (Å²) in [5.41, 5.74) is 0. The number of nitrogens with one attached hydrogen (secondary N) is 2. The zero-order valence-electron chi connectivity index (χ0n) is 16.0. The number of rotatable bonds is 8. The van der Waals surface area contributed by atoms with Gasteiger partial charge in [-0.05, 0) is 64.3 Å². The Morgan fingerprint density at radius 3 is 1.71 bits per heavy atom. The van der Waals surface area contributed by atoms with Gasteiger partial charge in [-0.2, -0.15) is 0 Å². The lowest BCUT2D eigenvalue weighted by Gasteiger charge is -2.14. The maximum atomic E-state index is 12.3. The lowest BCUT2D eigenvalue weighted by Crippen LogP contribution is -2.26. The number of carbonyl (C=O) groups excluding carboxylic acids is 2. The van der Waals surface area contributed by atoms with Gasteiger partial charge >= 0.3 is 0 Å². The summed E-state index contributed by atoms with van der Waals surface area (Å²) in [4.78, 5) is 28.8. The van der Waals surface area contributed by atoms with Crippen LogP contribution in [-0.4, -0.2) is 49.3 Å². The minimum Gasteiger partial charge on any atom is -0.479 e. The molecule has 0 fully saturated rings. The van der Waals surface area contributed by atoms with Crippen LogP contribution in [0.15, 0.2) is 18.2 Å². The summed E-state index contributed by atoms with van der Waals surface area (Å²) in [6.07, 6.45) is 0. The van der Waals surface area contributed by atoms with E-state index in [-0.39, 0.29) is 11.8 Å². The van der Waals surface area contributed by atoms with Gasteiger partial charge in [0.25, 0.3) is 0 Å². The molecule has 1 aromatic rings. The quantitative estimate of drug-likeness (QED) is 0.560. The van der Waals surface area contributed by atoms with Gasteiger partial charge in [0.1, 0.15) is 11.6 Å². The predicted octanol–water partition coefficient (Wildman–Crippen LogP) is 3.84. The smallest absolute Gasteiger partial charge is 0.238 e. The number of aromatic nitrogens is 1. The highest BCUT2D eigenvalue weighted by molar-refractivity contribution is 8.23. The van der Waals surface area contributed by atoms with Gasteiger partial charge in [-0.25, -0.2) is 4.98 Å². The van der Waals surface area contributed by atoms with Crippen molar-refractivity contribution in [1.82, 2.24) is 4.98 Å². The van der Waals surface area contributed by atoms with Crippen LogP contribution in [0.2, 0.25) is 0 Å². The van der Waals surface area contributed by atoms with Gasteiger partial charge in [-0.1, -0.05) is 29.6 Å². The first-order valence-electron chi connectivity index (χ1n) is 8.52. The minimum atomic E-state index is -0.449. The van der Waals surface area contributed by atoms with E-state index in [4.69, 9.17) is 33.9 Å². The molecule has 2 amide bonds. The molecule has 1 aromatic heterocycles. The first-order chi connectivity index (χ1) is 13.3. The standard InChI is InChI=1S/C17H23N3O4S4/c1-5-23-16(25)27-10(3)14(21)19-12-8-7-9-13(18-12)20-15(22)11(4)28-17(26)24-6-2/h7-11H,5-6H2,1-4H3,(H2,18,19,20,21,22). The van der Waals surface area contributed by atoms with Crippen molar-refractivity contribution in [2.45, 2.75) is 38.2 Å². The second-order valence-corrected chi connectivity index (χ2v) is 9.16. The molecule has 2 N–H and O–H groups in total. The number of carbonyl (C=O) groups is 2. The van der Waals surface area contributed by atoms with E-state index in [2.05, 4.69) is 15.6 Å². The van der Waals surface area contributed by atoms with Crippen LogP contribution >= 0.6 is 48.0 Å². The second-order valence-electron chi connectivity index (χ2n) is 5.27. The maximum absolute atomic E-state index is 12.3. The molecule has 0 bridgehead atoms. The van der Waals surface area contributed by atoms with Crippen LogP contribution in [0.1, 0.15) is 27.7 Å². The van der Waals surface area contributed by atoms with Gasteiger partial charge in [0.2, 0.25) is 20.6 Å². The maximum Gasteiger partial charge on any atom is 0.238 e. The van der Waals surface area contributed by atoms with Gasteiger partial charge in [-0.15, -0.1) is 0 Å². The molecular formula is C17H23N3O4S4. The third kappa shape index (κ3) is 9.18. The summed E-state index contributed by atoms with van der Waals surface area (Å²) in [6, 6.07) is 4.95. The minimum absolute atomic E-state index is 0.269. The van der Waals surface area contributed by atoms with Gasteiger partial charge in [-0.3, -0.25) is 9.59 Å². The molecule has 1 rings (SSSR count). The second kappa shape index (κ2) is 12.9. The zero-order valence-corrected chi connectivity index (χ0v) is 19.3. The number of ether oxygens (including phenoxy) is 2. The Labute approximate surface area is 184 Å². The van der Waals surface area contributed by atoms with E-state index in [0.29, 0.717) is 33.6 Å². The number of pyridine rings is 1. The number of thioether (sulfide) groups is 2. The monoisotopic (exact) mass is 461 g/mol. The van der Waals surface area contributed by atoms with Crippen molar-refractivity contribution in [3.8, 4) is 0 Å². The van der Waals surface area contributed by atoms with Crippen LogP contribution in [0.4, 0.5) is 11.6 Å². The average molecular weight is 462 g/mol. The molecule has 0 aromatic carbocycles. The van der Waals surface area contributed by atoms with Crippen molar-refractivity contribution in [2.75, 3.05) is 23.8 Å². The number of hydrogen-bond donors (Lipinski definition) is 2. The molecule has 2 atom stereocenters. The number of hydrogen-bond acceptors (Lipinski definition) is 9. The van der Waals surface area contributed by atoms with E-state index in [0.717, 1.165) is 23.5 Å². The van der Waals surface area contributed by atoms with Crippen LogP contribution in [-0.2, 0) is 19.1 Å². The number of amides is 2. The van der Waals surface area contributed by atoms with Crippen LogP contribution in [0.25, 0.3) is 0 Å². The summed E-state index contributed by atoms with van der Waals surface area (Å²) in [6.45, 7) is 8.00. The Bertz CT molecular complexity index is 662. The first-order valence-corrected chi connectivity index (χ1v) is 11.1. The molecule has 0 radical (unpaired) electrons. The Hall–Kier alpha value is -1.43. The van der Waals surface area contributed by atoms with Gasteiger partial charge in [0, 0.05) is 0 Å². The first kappa shape index (κ1) is 24.6. The summed E-state index contributed by atoms with van der Waals surface area (Å²) >= 11 is 12.4. The highest BCUT2D eigenvalue weighted by atomic mass is 32.2. The SMILES string of the molecule is CCOC(=S)SC(C)C(=O)Nc1cccc(NC(=O)C(C)SC(=S)OCC)n1. The number of thiocarbonyl (C=S) groups is 2. The summed E-state index contributed by atoms with van der Waals surface area (Å²) < 4.78 is 11.0. The van der Waals surface area contributed by atoms with Crippen molar-refractivity contribution in [2.24, 2.45) is 0 Å². The number of anilines is 2. The van der Waals surface area contributed by atoms with Crippen LogP contribution < -0.4 is 10.6 Å². The molecular weight excluding hydrogens is 438 g/mol. The summed E-state index contributed by atoms with van der Waals surface area (Å²) in [7, 11) is 0. The van der Waals surface area contributed by atoms with E-state index in [1.54, 1.807) is 32.0 Å². The van der Waals surface area contributed by atoms with Crippen LogP contribution in [0, 0.1) is 0 Å². The fourth-order valence-corrected chi connectivity index (χ4v) is 4.11. The molecule has 154 valence electrons. The largest absolute Gasteiger partial charge is 0.479 e. The molecule has 11 heteroatoms. The van der Waals surface area contributed by atoms with Crippen molar-refractivity contribution < 1.29 is 19.1 Å². The molecule has 7 nitrogen and oxygen atoms in total. The predicted molar refractivity (Wildman–Crippen MR) is 124 cm³/mol. The fourth-order valence-electron chi connectivity index (χ4n) is 1.73. The highest BCUT2D eigenvalue weighted by Crippen LogP contribution is 2.19. The van der Waals surface area contributed by atoms with Crippen LogP contribution in [0.5, 0.6) is 0 Å². The molecule has 0 aliphatic carbocycles. The van der Waals surface area contributed by atoms with E-state index in [9.17, 15) is 9.59 Å². The Morgan fingerprint density at radius 2 is 1.36 bits per heavy atom. The Kier molecular flexibility index (Phi) is 11.4. The lowest BCUT2D eigenvalue weighted by atomic mass is 10.4. The highest BCUT2D eigenvalue weighted by Gasteiger charge is 2.19. The normalized spacial score (nSPS) is 12.4. The summed E-state index contributed by atoms with van der Waals surface area (Å²) in [5.74, 6) is 0.105. The Balaban J connectivity index is 2.63. The van der Waals surface area contributed by atoms with Gasteiger partial charge in [0.15, 0.2) is 0 Å². The fraction of sp³-hybridized carbons (Fsp3) is 0.471. The molecule has 0 saturated carbocycles. The zero-order chi connectivity index (χ0) is 21.1. The van der Waals surface area contributed by atoms with E-state index in [1.165, 1.54) is 0 Å². The van der Waals surface area contributed by atoms with E-state index >= 15 is 0 Å². The third-order valence-electron chi connectivity index (χ3n) is 3.06. The van der Waals surface area contributed by atoms with Crippen molar-refractivity contribution >= 4 is 80.2 Å². The average Bonchev–Trinajstić information content (AvgIpc) is 2.62. The Morgan fingerprint density at radius 1 is 0.964 bits per heavy atom. The van der Waals surface area contributed by atoms with E-state index in [1.807, 2.05) is 13.8 Å². The van der Waals surface area contributed by atoms with Gasteiger partial charge in [0.05, 0.1) is 23.7 Å². The molecule has 2 unspecified atom stereocenters. The van der Waals surface area contributed by atoms with Crippen molar-refractivity contribution in [1.29, 1.82) is 0 Å². The molecule has 0 aliphatic heterocycles. The van der Waals surface area contributed by atoms with Gasteiger partial charge < -0.3 is 20.1 Å². The lowest BCUT2D eigenvalue weighted by molar-refractivity contribution is -0.116. The molecule has 0 saturated heterocycles. The van der Waals surface area contributed by atoms with Crippen molar-refractivity contribution in [3.63, 3.8) is 0 Å². The topological polar surface area (TPSA) is 89.6 Å². The van der Waals surface area contributed by atoms with Crippen LogP contribution in [0.3, 0.4) is 0 Å². The summed E-state index contributed by atoms with van der Waals surface area (Å²) in [5, 5.41) is 4.50. The molecule has 0 spiro atoms.